The lowest BCUT2D eigenvalue weighted by Gasteiger charge is -2.30. The van der Waals surface area contributed by atoms with Gasteiger partial charge in [0.2, 0.25) is 0 Å². The molecule has 1 N–H and O–H groups in total. The van der Waals surface area contributed by atoms with E-state index in [1.54, 1.807) is 0 Å². The molecule has 20 heavy (non-hydrogen) atoms. The second kappa shape index (κ2) is 6.69. The summed E-state index contributed by atoms with van der Waals surface area (Å²) in [5, 5.41) is 3.57. The molecule has 0 saturated carbocycles. The first-order chi connectivity index (χ1) is 9.93. The quantitative estimate of drug-likeness (QED) is 0.917. The minimum atomic E-state index is 0.471. The molecule has 1 saturated heterocycles. The number of nitrogens with one attached hydrogen (secondary N) is 1. The summed E-state index contributed by atoms with van der Waals surface area (Å²) >= 11 is 0. The van der Waals surface area contributed by atoms with Crippen molar-refractivity contribution in [3.05, 3.63) is 71.8 Å². The van der Waals surface area contributed by atoms with Crippen LogP contribution in [0.3, 0.4) is 0 Å². The first-order valence-electron chi connectivity index (χ1n) is 7.47. The molecule has 0 bridgehead atoms. The number of hydrogen-bond acceptors (Lipinski definition) is 2. The van der Waals surface area contributed by atoms with E-state index in [9.17, 15) is 0 Å². The molecule has 1 heterocycles. The molecular weight excluding hydrogens is 244 g/mol. The van der Waals surface area contributed by atoms with Gasteiger partial charge in [-0.2, -0.15) is 0 Å². The maximum absolute atomic E-state index is 3.57. The highest BCUT2D eigenvalue weighted by atomic mass is 15.2. The molecule has 2 aromatic carbocycles. The van der Waals surface area contributed by atoms with Crippen molar-refractivity contribution in [2.45, 2.75) is 19.0 Å². The van der Waals surface area contributed by atoms with Crippen molar-refractivity contribution in [2.24, 2.45) is 0 Å². The molecule has 1 aliphatic rings. The normalized spacial score (nSPS) is 20.5. The van der Waals surface area contributed by atoms with Crippen molar-refractivity contribution in [3.8, 4) is 0 Å². The van der Waals surface area contributed by atoms with Gasteiger partial charge in [0.05, 0.1) is 0 Å². The van der Waals surface area contributed by atoms with Crippen molar-refractivity contribution in [2.75, 3.05) is 19.6 Å². The lowest BCUT2D eigenvalue weighted by molar-refractivity contribution is 0.202. The summed E-state index contributed by atoms with van der Waals surface area (Å²) in [7, 11) is 0. The van der Waals surface area contributed by atoms with Crippen LogP contribution in [0.4, 0.5) is 0 Å². The third-order valence-electron chi connectivity index (χ3n) is 3.99. The molecule has 1 aliphatic heterocycles. The van der Waals surface area contributed by atoms with E-state index in [0.29, 0.717) is 6.04 Å². The minimum Gasteiger partial charge on any atom is -0.315 e. The third-order valence-corrected chi connectivity index (χ3v) is 3.99. The lowest BCUT2D eigenvalue weighted by atomic mass is 10.0. The van der Waals surface area contributed by atoms with E-state index in [2.05, 4.69) is 70.9 Å². The van der Waals surface area contributed by atoms with Crippen LogP contribution in [-0.4, -0.2) is 24.5 Å². The van der Waals surface area contributed by atoms with E-state index in [0.717, 1.165) is 26.2 Å². The number of hydrogen-bond donors (Lipinski definition) is 1. The fourth-order valence-electron chi connectivity index (χ4n) is 2.94. The lowest BCUT2D eigenvalue weighted by Crippen LogP contribution is -2.32. The van der Waals surface area contributed by atoms with Gasteiger partial charge >= 0.3 is 0 Å². The van der Waals surface area contributed by atoms with E-state index in [4.69, 9.17) is 0 Å². The zero-order chi connectivity index (χ0) is 13.6. The van der Waals surface area contributed by atoms with Crippen molar-refractivity contribution >= 4 is 0 Å². The SMILES string of the molecule is c1ccc(CN2CCCNCC2c2ccccc2)cc1. The molecule has 0 aromatic heterocycles. The van der Waals surface area contributed by atoms with Gasteiger partial charge in [0, 0.05) is 25.7 Å². The van der Waals surface area contributed by atoms with Gasteiger partial charge in [0.1, 0.15) is 0 Å². The maximum Gasteiger partial charge on any atom is 0.0476 e. The van der Waals surface area contributed by atoms with Crippen LogP contribution in [0.5, 0.6) is 0 Å². The van der Waals surface area contributed by atoms with Crippen LogP contribution in [0.2, 0.25) is 0 Å². The Balaban J connectivity index is 1.81. The van der Waals surface area contributed by atoms with Gasteiger partial charge in [0.25, 0.3) is 0 Å². The number of benzene rings is 2. The molecule has 3 rings (SSSR count). The van der Waals surface area contributed by atoms with E-state index < -0.39 is 0 Å². The standard InChI is InChI=1S/C18H22N2/c1-3-8-16(9-4-1)15-20-13-7-12-19-14-18(20)17-10-5-2-6-11-17/h1-6,8-11,18-19H,7,12-15H2. The van der Waals surface area contributed by atoms with Gasteiger partial charge in [0.15, 0.2) is 0 Å². The van der Waals surface area contributed by atoms with E-state index in [-0.39, 0.29) is 0 Å². The molecule has 0 amide bonds. The molecule has 1 fully saturated rings. The topological polar surface area (TPSA) is 15.3 Å². The van der Waals surface area contributed by atoms with Crippen molar-refractivity contribution in [3.63, 3.8) is 0 Å². The van der Waals surface area contributed by atoms with E-state index >= 15 is 0 Å². The zero-order valence-electron chi connectivity index (χ0n) is 11.8. The van der Waals surface area contributed by atoms with E-state index in [1.807, 2.05) is 0 Å². The summed E-state index contributed by atoms with van der Waals surface area (Å²) in [4.78, 5) is 2.60. The Morgan fingerprint density at radius 2 is 1.65 bits per heavy atom. The molecule has 104 valence electrons. The second-order valence-electron chi connectivity index (χ2n) is 5.44. The van der Waals surface area contributed by atoms with Crippen LogP contribution in [-0.2, 0) is 6.54 Å². The van der Waals surface area contributed by atoms with Crippen LogP contribution < -0.4 is 5.32 Å². The Morgan fingerprint density at radius 3 is 2.40 bits per heavy atom. The zero-order valence-corrected chi connectivity index (χ0v) is 11.8. The van der Waals surface area contributed by atoms with Crippen molar-refractivity contribution in [1.29, 1.82) is 0 Å². The smallest absolute Gasteiger partial charge is 0.0476 e. The largest absolute Gasteiger partial charge is 0.315 e. The van der Waals surface area contributed by atoms with Crippen LogP contribution >= 0.6 is 0 Å². The van der Waals surface area contributed by atoms with Crippen molar-refractivity contribution in [1.82, 2.24) is 10.2 Å². The average Bonchev–Trinajstić information content (AvgIpc) is 2.75. The summed E-state index contributed by atoms with van der Waals surface area (Å²) in [5.41, 5.74) is 2.81. The Morgan fingerprint density at radius 1 is 0.950 bits per heavy atom. The van der Waals surface area contributed by atoms with Gasteiger partial charge in [-0.25, -0.2) is 0 Å². The van der Waals surface area contributed by atoms with Crippen molar-refractivity contribution < 1.29 is 0 Å². The van der Waals surface area contributed by atoms with E-state index in [1.165, 1.54) is 17.5 Å². The summed E-state index contributed by atoms with van der Waals surface area (Å²) in [5.74, 6) is 0. The Bertz CT molecular complexity index is 509. The first-order valence-corrected chi connectivity index (χ1v) is 7.47. The molecule has 1 unspecified atom stereocenters. The predicted molar refractivity (Wildman–Crippen MR) is 83.5 cm³/mol. The first kappa shape index (κ1) is 13.3. The molecule has 2 heteroatoms. The fraction of sp³-hybridized carbons (Fsp3) is 0.333. The minimum absolute atomic E-state index is 0.471. The second-order valence-corrected chi connectivity index (χ2v) is 5.44. The maximum atomic E-state index is 3.57. The molecular formula is C18H22N2. The monoisotopic (exact) mass is 266 g/mol. The number of rotatable bonds is 3. The third kappa shape index (κ3) is 3.27. The fourth-order valence-corrected chi connectivity index (χ4v) is 2.94. The van der Waals surface area contributed by atoms with Gasteiger partial charge in [-0.3, -0.25) is 4.90 Å². The average molecular weight is 266 g/mol. The van der Waals surface area contributed by atoms with Gasteiger partial charge < -0.3 is 5.32 Å². The van der Waals surface area contributed by atoms with Crippen LogP contribution in [0.15, 0.2) is 60.7 Å². The van der Waals surface area contributed by atoms with Crippen LogP contribution in [0, 0.1) is 0 Å². The van der Waals surface area contributed by atoms with Crippen LogP contribution in [0.25, 0.3) is 0 Å². The summed E-state index contributed by atoms with van der Waals surface area (Å²) in [6.07, 6.45) is 1.22. The highest BCUT2D eigenvalue weighted by Crippen LogP contribution is 2.23. The summed E-state index contributed by atoms with van der Waals surface area (Å²) < 4.78 is 0. The Hall–Kier alpha value is -1.64. The highest BCUT2D eigenvalue weighted by molar-refractivity contribution is 5.21. The summed E-state index contributed by atoms with van der Waals surface area (Å²) in [6, 6.07) is 22.1. The Labute approximate surface area is 121 Å². The summed E-state index contributed by atoms with van der Waals surface area (Å²) in [6.45, 7) is 4.34. The molecule has 2 aromatic rings. The number of nitrogens with zero attached hydrogens (tertiary/aromatic N) is 1. The van der Waals surface area contributed by atoms with Gasteiger partial charge in [-0.1, -0.05) is 60.7 Å². The highest BCUT2D eigenvalue weighted by Gasteiger charge is 2.22. The van der Waals surface area contributed by atoms with Crippen LogP contribution in [0.1, 0.15) is 23.6 Å². The molecule has 0 spiro atoms. The van der Waals surface area contributed by atoms with Gasteiger partial charge in [-0.15, -0.1) is 0 Å². The Kier molecular flexibility index (Phi) is 4.46. The van der Waals surface area contributed by atoms with Gasteiger partial charge in [-0.05, 0) is 24.1 Å². The molecule has 0 radical (unpaired) electrons. The molecule has 0 aliphatic carbocycles. The predicted octanol–water partition coefficient (Wildman–Crippen LogP) is 3.22. The molecule has 1 atom stereocenters. The molecule has 2 nitrogen and oxygen atoms in total.